The third-order valence-electron chi connectivity index (χ3n) is 3.75. The molecule has 0 aromatic carbocycles. The Morgan fingerprint density at radius 1 is 1.31 bits per heavy atom. The van der Waals surface area contributed by atoms with Gasteiger partial charge < -0.3 is 0 Å². The van der Waals surface area contributed by atoms with Crippen molar-refractivity contribution in [3.63, 3.8) is 0 Å². The van der Waals surface area contributed by atoms with Crippen LogP contribution in [0.25, 0.3) is 0 Å². The van der Waals surface area contributed by atoms with Gasteiger partial charge in [-0.15, -0.1) is 0 Å². The van der Waals surface area contributed by atoms with Gasteiger partial charge >= 0.3 is 0 Å². The molecular formula is C12H21N. The second kappa shape index (κ2) is 2.84. The van der Waals surface area contributed by atoms with Crippen molar-refractivity contribution in [2.75, 3.05) is 13.1 Å². The molecule has 1 nitrogen and oxygen atoms in total. The molecule has 2 unspecified atom stereocenters. The first-order valence-electron chi connectivity index (χ1n) is 5.42. The van der Waals surface area contributed by atoms with Crippen LogP contribution < -0.4 is 0 Å². The molecule has 2 aliphatic rings. The monoisotopic (exact) mass is 179 g/mol. The van der Waals surface area contributed by atoms with E-state index in [9.17, 15) is 0 Å². The minimum absolute atomic E-state index is 0.451. The van der Waals surface area contributed by atoms with Crippen molar-refractivity contribution in [2.45, 2.75) is 39.7 Å². The molecule has 1 heteroatoms. The van der Waals surface area contributed by atoms with Crippen molar-refractivity contribution in [1.82, 2.24) is 4.90 Å². The molecular weight excluding hydrogens is 158 g/mol. The fraction of sp³-hybridized carbons (Fsp3) is 0.833. The van der Waals surface area contributed by atoms with E-state index in [1.807, 2.05) is 0 Å². The Morgan fingerprint density at radius 3 is 2.62 bits per heavy atom. The Hall–Kier alpha value is -0.300. The lowest BCUT2D eigenvalue weighted by Crippen LogP contribution is -2.33. The molecule has 2 saturated heterocycles. The van der Waals surface area contributed by atoms with Crippen LogP contribution in [0, 0.1) is 11.3 Å². The quantitative estimate of drug-likeness (QED) is 0.517. The maximum Gasteiger partial charge on any atom is 0.0339 e. The SMILES string of the molecule is C=C1CCN2CCC(C(C)(C)C)C12. The molecule has 2 heterocycles. The molecule has 13 heavy (non-hydrogen) atoms. The van der Waals surface area contributed by atoms with Gasteiger partial charge in [0.15, 0.2) is 0 Å². The van der Waals surface area contributed by atoms with Crippen molar-refractivity contribution < 1.29 is 0 Å². The van der Waals surface area contributed by atoms with Crippen LogP contribution in [0.4, 0.5) is 0 Å². The van der Waals surface area contributed by atoms with E-state index in [0.29, 0.717) is 11.5 Å². The standard InChI is InChI=1S/C12H21N/c1-9-5-7-13-8-6-10(11(9)13)12(2,3)4/h10-11H,1,5-8H2,2-4H3. The summed E-state index contributed by atoms with van der Waals surface area (Å²) in [5.74, 6) is 0.836. The average Bonchev–Trinajstić information content (AvgIpc) is 2.51. The van der Waals surface area contributed by atoms with Crippen molar-refractivity contribution in [3.05, 3.63) is 12.2 Å². The average molecular weight is 179 g/mol. The van der Waals surface area contributed by atoms with E-state index in [1.54, 1.807) is 0 Å². The molecule has 0 aliphatic carbocycles. The van der Waals surface area contributed by atoms with Crippen LogP contribution in [-0.2, 0) is 0 Å². The molecule has 0 amide bonds. The molecule has 0 N–H and O–H groups in total. The molecule has 2 aliphatic heterocycles. The molecule has 74 valence electrons. The Kier molecular flexibility index (Phi) is 2.03. The second-order valence-corrected chi connectivity index (χ2v) is 5.65. The first-order valence-corrected chi connectivity index (χ1v) is 5.42. The third-order valence-corrected chi connectivity index (χ3v) is 3.75. The van der Waals surface area contributed by atoms with Crippen LogP contribution in [0.2, 0.25) is 0 Å². The molecule has 0 aromatic heterocycles. The van der Waals surface area contributed by atoms with E-state index in [1.165, 1.54) is 31.5 Å². The highest BCUT2D eigenvalue weighted by Gasteiger charge is 2.44. The highest BCUT2D eigenvalue weighted by atomic mass is 15.2. The lowest BCUT2D eigenvalue weighted by Gasteiger charge is -2.32. The normalized spacial score (nSPS) is 35.5. The fourth-order valence-electron chi connectivity index (χ4n) is 2.99. The summed E-state index contributed by atoms with van der Waals surface area (Å²) in [5, 5.41) is 0. The van der Waals surface area contributed by atoms with Gasteiger partial charge in [0.1, 0.15) is 0 Å². The molecule has 2 fully saturated rings. The Morgan fingerprint density at radius 2 is 2.00 bits per heavy atom. The summed E-state index contributed by atoms with van der Waals surface area (Å²) in [7, 11) is 0. The summed E-state index contributed by atoms with van der Waals surface area (Å²) >= 11 is 0. The van der Waals surface area contributed by atoms with Crippen molar-refractivity contribution in [1.29, 1.82) is 0 Å². The molecule has 0 saturated carbocycles. The van der Waals surface area contributed by atoms with Gasteiger partial charge in [0.2, 0.25) is 0 Å². The summed E-state index contributed by atoms with van der Waals surface area (Å²) in [6, 6.07) is 0.708. The summed E-state index contributed by atoms with van der Waals surface area (Å²) in [6.07, 6.45) is 2.60. The van der Waals surface area contributed by atoms with E-state index in [2.05, 4.69) is 32.3 Å². The van der Waals surface area contributed by atoms with Crippen molar-refractivity contribution in [2.24, 2.45) is 11.3 Å². The zero-order valence-corrected chi connectivity index (χ0v) is 9.14. The van der Waals surface area contributed by atoms with Crippen LogP contribution in [0.15, 0.2) is 12.2 Å². The Labute approximate surface area is 81.8 Å². The third kappa shape index (κ3) is 1.43. The Bertz CT molecular complexity index is 224. The molecule has 0 spiro atoms. The number of hydrogen-bond donors (Lipinski definition) is 0. The zero-order valence-electron chi connectivity index (χ0n) is 9.14. The highest BCUT2D eigenvalue weighted by Crippen LogP contribution is 2.44. The van der Waals surface area contributed by atoms with E-state index in [-0.39, 0.29) is 0 Å². The molecule has 0 bridgehead atoms. The fourth-order valence-corrected chi connectivity index (χ4v) is 2.99. The maximum atomic E-state index is 4.22. The van der Waals surface area contributed by atoms with E-state index >= 15 is 0 Å². The van der Waals surface area contributed by atoms with E-state index < -0.39 is 0 Å². The van der Waals surface area contributed by atoms with Crippen LogP contribution in [0.3, 0.4) is 0 Å². The van der Waals surface area contributed by atoms with Gasteiger partial charge in [-0.3, -0.25) is 4.90 Å². The van der Waals surface area contributed by atoms with Gasteiger partial charge in [0.25, 0.3) is 0 Å². The van der Waals surface area contributed by atoms with Gasteiger partial charge in [-0.05, 0) is 30.7 Å². The number of fused-ring (bicyclic) bond motifs is 1. The van der Waals surface area contributed by atoms with Gasteiger partial charge in [0.05, 0.1) is 0 Å². The highest BCUT2D eigenvalue weighted by molar-refractivity contribution is 5.18. The number of rotatable bonds is 0. The summed E-state index contributed by atoms with van der Waals surface area (Å²) in [6.45, 7) is 13.9. The van der Waals surface area contributed by atoms with Gasteiger partial charge in [-0.25, -0.2) is 0 Å². The molecule has 2 rings (SSSR count). The lowest BCUT2D eigenvalue weighted by atomic mass is 9.75. The van der Waals surface area contributed by atoms with Gasteiger partial charge in [0, 0.05) is 12.6 Å². The molecule has 0 radical (unpaired) electrons. The van der Waals surface area contributed by atoms with E-state index in [4.69, 9.17) is 0 Å². The maximum absolute atomic E-state index is 4.22. The molecule has 2 atom stereocenters. The van der Waals surface area contributed by atoms with Crippen LogP contribution in [0.5, 0.6) is 0 Å². The number of nitrogens with zero attached hydrogens (tertiary/aromatic N) is 1. The number of hydrogen-bond acceptors (Lipinski definition) is 1. The minimum Gasteiger partial charge on any atom is -0.296 e. The zero-order chi connectivity index (χ0) is 9.64. The predicted molar refractivity (Wildman–Crippen MR) is 56.7 cm³/mol. The summed E-state index contributed by atoms with van der Waals surface area (Å²) in [5.41, 5.74) is 1.93. The van der Waals surface area contributed by atoms with Gasteiger partial charge in [-0.1, -0.05) is 32.9 Å². The van der Waals surface area contributed by atoms with E-state index in [0.717, 1.165) is 5.92 Å². The topological polar surface area (TPSA) is 3.24 Å². The first kappa shape index (κ1) is 9.26. The first-order chi connectivity index (χ1) is 6.00. The minimum atomic E-state index is 0.451. The predicted octanol–water partition coefficient (Wildman–Crippen LogP) is 2.68. The van der Waals surface area contributed by atoms with Crippen LogP contribution in [-0.4, -0.2) is 24.0 Å². The second-order valence-electron chi connectivity index (χ2n) is 5.65. The summed E-state index contributed by atoms with van der Waals surface area (Å²) in [4.78, 5) is 2.62. The molecule has 0 aromatic rings. The van der Waals surface area contributed by atoms with Crippen LogP contribution >= 0.6 is 0 Å². The van der Waals surface area contributed by atoms with Crippen LogP contribution in [0.1, 0.15) is 33.6 Å². The lowest BCUT2D eigenvalue weighted by molar-refractivity contribution is 0.200. The summed E-state index contributed by atoms with van der Waals surface area (Å²) < 4.78 is 0. The smallest absolute Gasteiger partial charge is 0.0339 e. The largest absolute Gasteiger partial charge is 0.296 e. The van der Waals surface area contributed by atoms with Crippen molar-refractivity contribution in [3.8, 4) is 0 Å². The van der Waals surface area contributed by atoms with Crippen molar-refractivity contribution >= 4 is 0 Å². The Balaban J connectivity index is 2.19. The van der Waals surface area contributed by atoms with Gasteiger partial charge in [-0.2, -0.15) is 0 Å².